The van der Waals surface area contributed by atoms with Crippen LogP contribution in [0, 0.1) is 10.1 Å². The lowest BCUT2D eigenvalue weighted by Crippen LogP contribution is -2.07. The molecule has 0 radical (unpaired) electrons. The van der Waals surface area contributed by atoms with Crippen molar-refractivity contribution in [3.05, 3.63) is 70.3 Å². The number of rotatable bonds is 6. The molecule has 1 heterocycles. The van der Waals surface area contributed by atoms with Crippen LogP contribution in [0.2, 0.25) is 0 Å². The molecule has 9 nitrogen and oxygen atoms in total. The summed E-state index contributed by atoms with van der Waals surface area (Å²) < 4.78 is 10.7. The minimum atomic E-state index is -0.517. The molecule has 0 spiro atoms. The van der Waals surface area contributed by atoms with Gasteiger partial charge in [0.25, 0.3) is 17.5 Å². The van der Waals surface area contributed by atoms with E-state index in [9.17, 15) is 14.9 Å². The summed E-state index contributed by atoms with van der Waals surface area (Å²) in [5, 5.41) is 20.9. The number of carbonyl (C=O) groups is 1. The Balaban J connectivity index is 1.69. The van der Waals surface area contributed by atoms with Crippen LogP contribution >= 0.6 is 0 Å². The van der Waals surface area contributed by atoms with Crippen LogP contribution in [-0.2, 0) is 4.79 Å². The highest BCUT2D eigenvalue weighted by atomic mass is 16.6. The topological polar surface area (TPSA) is 120 Å². The van der Waals surface area contributed by atoms with Crippen LogP contribution in [0.5, 0.6) is 5.75 Å². The molecular weight excluding hydrogens is 352 g/mol. The van der Waals surface area contributed by atoms with E-state index >= 15 is 0 Å². The van der Waals surface area contributed by atoms with E-state index in [1.165, 1.54) is 37.5 Å². The third-order valence-electron chi connectivity index (χ3n) is 3.50. The molecule has 0 aliphatic rings. The van der Waals surface area contributed by atoms with Crippen LogP contribution in [0.4, 0.5) is 11.7 Å². The van der Waals surface area contributed by atoms with Crippen LogP contribution in [0.15, 0.2) is 59.0 Å². The highest BCUT2D eigenvalue weighted by molar-refractivity contribution is 6.00. The maximum absolute atomic E-state index is 12.0. The van der Waals surface area contributed by atoms with Gasteiger partial charge in [-0.15, -0.1) is 5.10 Å². The van der Waals surface area contributed by atoms with Gasteiger partial charge in [-0.25, -0.2) is 0 Å². The molecule has 0 saturated heterocycles. The second-order valence-corrected chi connectivity index (χ2v) is 5.29. The van der Waals surface area contributed by atoms with Gasteiger partial charge >= 0.3 is 6.01 Å². The molecule has 0 aliphatic heterocycles. The second kappa shape index (κ2) is 7.91. The summed E-state index contributed by atoms with van der Waals surface area (Å²) in [5.41, 5.74) is 1.05. The normalized spacial score (nSPS) is 10.7. The summed E-state index contributed by atoms with van der Waals surface area (Å²) in [6, 6.07) is 12.9. The number of nitrogens with one attached hydrogen (secondary N) is 1. The van der Waals surface area contributed by atoms with E-state index in [1.54, 1.807) is 30.3 Å². The van der Waals surface area contributed by atoms with Crippen molar-refractivity contribution in [1.29, 1.82) is 0 Å². The lowest BCUT2D eigenvalue weighted by Gasteiger charge is -2.03. The number of nitro groups is 1. The Bertz CT molecular complexity index is 1010. The number of carbonyl (C=O) groups excluding carboxylic acids is 1. The van der Waals surface area contributed by atoms with Crippen LogP contribution < -0.4 is 10.1 Å². The van der Waals surface area contributed by atoms with Crippen LogP contribution in [-0.4, -0.2) is 28.1 Å². The average Bonchev–Trinajstić information content (AvgIpc) is 3.14. The zero-order valence-electron chi connectivity index (χ0n) is 14.2. The first kappa shape index (κ1) is 17.8. The quantitative estimate of drug-likeness (QED) is 0.403. The number of nitrogens with zero attached hydrogens (tertiary/aromatic N) is 3. The molecule has 3 rings (SSSR count). The Morgan fingerprint density at radius 1 is 1.22 bits per heavy atom. The molecule has 0 saturated carbocycles. The van der Waals surface area contributed by atoms with Gasteiger partial charge in [0.2, 0.25) is 0 Å². The van der Waals surface area contributed by atoms with Crippen molar-refractivity contribution in [2.24, 2.45) is 0 Å². The molecule has 1 amide bonds. The number of hydrogen-bond acceptors (Lipinski definition) is 7. The Labute approximate surface area is 153 Å². The van der Waals surface area contributed by atoms with E-state index in [0.717, 1.165) is 0 Å². The minimum absolute atomic E-state index is 0.0593. The zero-order chi connectivity index (χ0) is 19.2. The molecular formula is C18H14N4O5. The number of ether oxygens (including phenoxy) is 1. The standard InChI is InChI=1S/C18H14N4O5/c1-26-15-8-3-2-7-14(15)17-20-21-18(27-17)19-16(23)10-9-12-5-4-6-13(11-12)22(24)25/h2-11H,1H3,(H,19,21,23)/b10-9+. The number of amides is 1. The third kappa shape index (κ3) is 4.34. The Morgan fingerprint density at radius 2 is 2.04 bits per heavy atom. The first-order valence-electron chi connectivity index (χ1n) is 7.77. The SMILES string of the molecule is COc1ccccc1-c1nnc(NC(=O)/C=C/c2cccc([N+](=O)[O-])c2)o1. The van der Waals surface area contributed by atoms with Gasteiger partial charge in [-0.2, -0.15) is 0 Å². The molecule has 0 bridgehead atoms. The first-order chi connectivity index (χ1) is 13.1. The molecule has 0 atom stereocenters. The van der Waals surface area contributed by atoms with Crippen molar-refractivity contribution >= 4 is 23.7 Å². The smallest absolute Gasteiger partial charge is 0.322 e. The second-order valence-electron chi connectivity index (χ2n) is 5.29. The van der Waals surface area contributed by atoms with Gasteiger partial charge < -0.3 is 9.15 Å². The molecule has 27 heavy (non-hydrogen) atoms. The highest BCUT2D eigenvalue weighted by Crippen LogP contribution is 2.29. The summed E-state index contributed by atoms with van der Waals surface area (Å²) in [5.74, 6) is 0.242. The summed E-state index contributed by atoms with van der Waals surface area (Å²) in [6.45, 7) is 0. The minimum Gasteiger partial charge on any atom is -0.496 e. The number of non-ortho nitro benzene ring substituents is 1. The van der Waals surface area contributed by atoms with Crippen LogP contribution in [0.1, 0.15) is 5.56 Å². The summed E-state index contributed by atoms with van der Waals surface area (Å²) in [7, 11) is 1.52. The van der Waals surface area contributed by atoms with Crippen LogP contribution in [0.3, 0.4) is 0 Å². The average molecular weight is 366 g/mol. The number of nitro benzene ring substituents is 1. The van der Waals surface area contributed by atoms with E-state index in [2.05, 4.69) is 15.5 Å². The molecule has 3 aromatic rings. The number of hydrogen-bond donors (Lipinski definition) is 1. The number of aromatic nitrogens is 2. The highest BCUT2D eigenvalue weighted by Gasteiger charge is 2.13. The monoisotopic (exact) mass is 366 g/mol. The molecule has 0 fully saturated rings. The lowest BCUT2D eigenvalue weighted by molar-refractivity contribution is -0.384. The van der Waals surface area contributed by atoms with Crippen LogP contribution in [0.25, 0.3) is 17.5 Å². The van der Waals surface area contributed by atoms with Crippen molar-refractivity contribution in [2.45, 2.75) is 0 Å². The Hall–Kier alpha value is -4.01. The van der Waals surface area contributed by atoms with E-state index in [1.807, 2.05) is 0 Å². The lowest BCUT2D eigenvalue weighted by atomic mass is 10.2. The number of methoxy groups -OCH3 is 1. The van der Waals surface area contributed by atoms with Gasteiger partial charge in [0, 0.05) is 18.2 Å². The number of anilines is 1. The first-order valence-corrected chi connectivity index (χ1v) is 7.77. The molecule has 1 N–H and O–H groups in total. The largest absolute Gasteiger partial charge is 0.496 e. The number of benzene rings is 2. The summed E-state index contributed by atoms with van der Waals surface area (Å²) in [4.78, 5) is 22.2. The van der Waals surface area contributed by atoms with Gasteiger partial charge in [0.15, 0.2) is 0 Å². The van der Waals surface area contributed by atoms with Gasteiger partial charge in [-0.3, -0.25) is 20.2 Å². The Kier molecular flexibility index (Phi) is 5.22. The molecule has 1 aromatic heterocycles. The third-order valence-corrected chi connectivity index (χ3v) is 3.50. The van der Waals surface area contributed by atoms with E-state index < -0.39 is 10.8 Å². The summed E-state index contributed by atoms with van der Waals surface area (Å²) in [6.07, 6.45) is 2.66. The van der Waals surface area contributed by atoms with E-state index in [0.29, 0.717) is 16.9 Å². The maximum atomic E-state index is 12.0. The van der Waals surface area contributed by atoms with Gasteiger partial charge in [0.1, 0.15) is 5.75 Å². The molecule has 0 aliphatic carbocycles. The van der Waals surface area contributed by atoms with Gasteiger partial charge in [0.05, 0.1) is 17.6 Å². The van der Waals surface area contributed by atoms with Crippen molar-refractivity contribution < 1.29 is 18.9 Å². The molecule has 9 heteroatoms. The van der Waals surface area contributed by atoms with Crippen molar-refractivity contribution in [3.63, 3.8) is 0 Å². The molecule has 2 aromatic carbocycles. The number of para-hydroxylation sites is 1. The van der Waals surface area contributed by atoms with Crippen molar-refractivity contribution in [2.75, 3.05) is 12.4 Å². The van der Waals surface area contributed by atoms with E-state index in [4.69, 9.17) is 9.15 Å². The predicted octanol–water partition coefficient (Wildman–Crippen LogP) is 3.31. The molecule has 0 unspecified atom stereocenters. The zero-order valence-corrected chi connectivity index (χ0v) is 14.2. The van der Waals surface area contributed by atoms with Gasteiger partial charge in [-0.1, -0.05) is 29.4 Å². The van der Waals surface area contributed by atoms with Crippen molar-refractivity contribution in [1.82, 2.24) is 10.2 Å². The predicted molar refractivity (Wildman–Crippen MR) is 97.0 cm³/mol. The fourth-order valence-corrected chi connectivity index (χ4v) is 2.26. The Morgan fingerprint density at radius 3 is 2.81 bits per heavy atom. The molecule has 136 valence electrons. The fourth-order valence-electron chi connectivity index (χ4n) is 2.26. The summed E-state index contributed by atoms with van der Waals surface area (Å²) >= 11 is 0. The van der Waals surface area contributed by atoms with Crippen molar-refractivity contribution in [3.8, 4) is 17.2 Å². The van der Waals surface area contributed by atoms with E-state index in [-0.39, 0.29) is 17.6 Å². The maximum Gasteiger partial charge on any atom is 0.322 e. The fraction of sp³-hybridized carbons (Fsp3) is 0.0556. The van der Waals surface area contributed by atoms with Gasteiger partial charge in [-0.05, 0) is 23.8 Å².